The standard InChI is InChI=1S/C27H42O/c1-18(2)7-6-8-19(3)23-11-12-24-22-10-9-20-17-21(28)13-15-26(20,4)25(22)14-16-27(23,24)5/h7,9,21-22,24-25,28H,6,8,10-17H2,1-5H3/b23-19-/t21-,22-,24-,25-,26-,27+/m0/s1. The van der Waals surface area contributed by atoms with Crippen LogP contribution in [0, 0.1) is 28.6 Å². The van der Waals surface area contributed by atoms with Crippen molar-refractivity contribution in [2.24, 2.45) is 28.6 Å². The molecular weight excluding hydrogens is 340 g/mol. The Kier molecular flexibility index (Phi) is 5.45. The van der Waals surface area contributed by atoms with E-state index >= 15 is 0 Å². The molecule has 0 spiro atoms. The number of hydrogen-bond acceptors (Lipinski definition) is 1. The summed E-state index contributed by atoms with van der Waals surface area (Å²) in [6.07, 6.45) is 17.3. The number of aliphatic hydroxyl groups is 1. The van der Waals surface area contributed by atoms with Crippen LogP contribution in [0.15, 0.2) is 34.4 Å². The second-order valence-electron chi connectivity index (χ2n) is 11.2. The van der Waals surface area contributed by atoms with E-state index in [1.165, 1.54) is 56.9 Å². The van der Waals surface area contributed by atoms with Crippen LogP contribution in [0.1, 0.15) is 98.8 Å². The van der Waals surface area contributed by atoms with Gasteiger partial charge >= 0.3 is 0 Å². The Morgan fingerprint density at radius 2 is 1.79 bits per heavy atom. The third kappa shape index (κ3) is 3.26. The second-order valence-corrected chi connectivity index (χ2v) is 11.2. The van der Waals surface area contributed by atoms with Gasteiger partial charge in [0.05, 0.1) is 6.10 Å². The molecule has 0 saturated heterocycles. The molecule has 156 valence electrons. The fourth-order valence-electron chi connectivity index (χ4n) is 7.88. The zero-order chi connectivity index (χ0) is 20.1. The van der Waals surface area contributed by atoms with Gasteiger partial charge in [0.25, 0.3) is 0 Å². The van der Waals surface area contributed by atoms with Crippen molar-refractivity contribution in [1.29, 1.82) is 0 Å². The molecule has 1 N–H and O–H groups in total. The molecule has 0 aliphatic heterocycles. The quantitative estimate of drug-likeness (QED) is 0.505. The van der Waals surface area contributed by atoms with E-state index in [1.807, 2.05) is 5.57 Å². The average Bonchev–Trinajstić information content (AvgIpc) is 2.99. The van der Waals surface area contributed by atoms with Crippen LogP contribution in [0.5, 0.6) is 0 Å². The first-order chi connectivity index (χ1) is 13.3. The van der Waals surface area contributed by atoms with Crippen molar-refractivity contribution in [3.63, 3.8) is 0 Å². The van der Waals surface area contributed by atoms with Crippen LogP contribution < -0.4 is 0 Å². The molecule has 0 aromatic heterocycles. The van der Waals surface area contributed by atoms with Crippen LogP contribution >= 0.6 is 0 Å². The molecule has 3 fully saturated rings. The largest absolute Gasteiger partial charge is 0.393 e. The molecule has 4 rings (SSSR count). The maximum absolute atomic E-state index is 10.2. The molecule has 4 aliphatic rings. The highest BCUT2D eigenvalue weighted by Crippen LogP contribution is 2.66. The van der Waals surface area contributed by atoms with Gasteiger partial charge < -0.3 is 5.11 Å². The first-order valence-corrected chi connectivity index (χ1v) is 12.0. The molecule has 0 aromatic carbocycles. The average molecular weight is 383 g/mol. The van der Waals surface area contributed by atoms with Crippen molar-refractivity contribution < 1.29 is 5.11 Å². The van der Waals surface area contributed by atoms with Crippen molar-refractivity contribution >= 4 is 0 Å². The molecule has 0 bridgehead atoms. The summed E-state index contributed by atoms with van der Waals surface area (Å²) in [6.45, 7) is 12.0. The van der Waals surface area contributed by atoms with Crippen molar-refractivity contribution in [3.05, 3.63) is 34.4 Å². The van der Waals surface area contributed by atoms with Crippen molar-refractivity contribution in [3.8, 4) is 0 Å². The van der Waals surface area contributed by atoms with Gasteiger partial charge in [-0.2, -0.15) is 0 Å². The summed E-state index contributed by atoms with van der Waals surface area (Å²) in [6, 6.07) is 0. The van der Waals surface area contributed by atoms with E-state index in [9.17, 15) is 5.11 Å². The predicted octanol–water partition coefficient (Wildman–Crippen LogP) is 7.37. The predicted molar refractivity (Wildman–Crippen MR) is 119 cm³/mol. The van der Waals surface area contributed by atoms with Gasteiger partial charge in [-0.25, -0.2) is 0 Å². The Labute approximate surface area is 173 Å². The smallest absolute Gasteiger partial charge is 0.0577 e. The zero-order valence-electron chi connectivity index (χ0n) is 19.0. The molecule has 0 heterocycles. The minimum Gasteiger partial charge on any atom is -0.393 e. The molecule has 0 radical (unpaired) electrons. The van der Waals surface area contributed by atoms with Crippen LogP contribution in [0.25, 0.3) is 0 Å². The van der Waals surface area contributed by atoms with Crippen LogP contribution in [0.4, 0.5) is 0 Å². The second kappa shape index (κ2) is 7.46. The highest BCUT2D eigenvalue weighted by Gasteiger charge is 2.57. The molecule has 1 heteroatoms. The Morgan fingerprint density at radius 3 is 2.54 bits per heavy atom. The molecule has 0 aromatic rings. The highest BCUT2D eigenvalue weighted by atomic mass is 16.3. The van der Waals surface area contributed by atoms with Crippen LogP contribution in [-0.2, 0) is 0 Å². The van der Waals surface area contributed by atoms with E-state index in [1.54, 1.807) is 11.1 Å². The Morgan fingerprint density at radius 1 is 1.07 bits per heavy atom. The Balaban J connectivity index is 1.58. The van der Waals surface area contributed by atoms with E-state index < -0.39 is 0 Å². The lowest BCUT2D eigenvalue weighted by Crippen LogP contribution is -2.49. The third-order valence-corrected chi connectivity index (χ3v) is 9.45. The molecule has 1 nitrogen and oxygen atoms in total. The fraction of sp³-hybridized carbons (Fsp3) is 0.778. The van der Waals surface area contributed by atoms with Gasteiger partial charge in [-0.1, -0.05) is 48.3 Å². The Hall–Kier alpha value is -0.820. The number of fused-ring (bicyclic) bond motifs is 5. The Bertz CT molecular complexity index is 706. The minimum atomic E-state index is -0.0887. The van der Waals surface area contributed by atoms with Crippen LogP contribution in [0.2, 0.25) is 0 Å². The monoisotopic (exact) mass is 382 g/mol. The van der Waals surface area contributed by atoms with E-state index in [-0.39, 0.29) is 6.10 Å². The number of aliphatic hydroxyl groups excluding tert-OH is 1. The lowest BCUT2D eigenvalue weighted by molar-refractivity contribution is -0.0270. The van der Waals surface area contributed by atoms with Crippen molar-refractivity contribution in [2.75, 3.05) is 0 Å². The minimum absolute atomic E-state index is 0.0887. The van der Waals surface area contributed by atoms with Gasteiger partial charge in [0.1, 0.15) is 0 Å². The first kappa shape index (κ1) is 20.5. The number of allylic oxidation sites excluding steroid dienone is 5. The SMILES string of the molecule is CC(C)=CCC/C(C)=C1/CC[C@H]2[C@@H]3CC=C4C[C@@H](O)CC[C@]4(C)[C@H]3CC[C@]12C. The van der Waals surface area contributed by atoms with E-state index in [2.05, 4.69) is 46.8 Å². The summed E-state index contributed by atoms with van der Waals surface area (Å²) in [7, 11) is 0. The highest BCUT2D eigenvalue weighted by molar-refractivity contribution is 5.31. The topological polar surface area (TPSA) is 20.2 Å². The summed E-state index contributed by atoms with van der Waals surface area (Å²) >= 11 is 0. The first-order valence-electron chi connectivity index (χ1n) is 12.0. The van der Waals surface area contributed by atoms with Crippen LogP contribution in [0.3, 0.4) is 0 Å². The van der Waals surface area contributed by atoms with Crippen molar-refractivity contribution in [2.45, 2.75) is 105 Å². The van der Waals surface area contributed by atoms with E-state index in [4.69, 9.17) is 0 Å². The van der Waals surface area contributed by atoms with Crippen LogP contribution in [-0.4, -0.2) is 11.2 Å². The maximum atomic E-state index is 10.2. The van der Waals surface area contributed by atoms with Gasteiger partial charge in [-0.3, -0.25) is 0 Å². The molecular formula is C27H42O. The summed E-state index contributed by atoms with van der Waals surface area (Å²) in [5, 5.41) is 10.2. The van der Waals surface area contributed by atoms with Gasteiger partial charge in [0.15, 0.2) is 0 Å². The maximum Gasteiger partial charge on any atom is 0.0577 e. The summed E-state index contributed by atoms with van der Waals surface area (Å²) < 4.78 is 0. The van der Waals surface area contributed by atoms with Gasteiger partial charge in [-0.05, 0) is 114 Å². The zero-order valence-corrected chi connectivity index (χ0v) is 19.0. The molecule has 4 aliphatic carbocycles. The van der Waals surface area contributed by atoms with Gasteiger partial charge in [-0.15, -0.1) is 0 Å². The van der Waals surface area contributed by atoms with Crippen molar-refractivity contribution in [1.82, 2.24) is 0 Å². The summed E-state index contributed by atoms with van der Waals surface area (Å²) in [4.78, 5) is 0. The lowest BCUT2D eigenvalue weighted by Gasteiger charge is -2.57. The summed E-state index contributed by atoms with van der Waals surface area (Å²) in [5.74, 6) is 2.59. The fourth-order valence-corrected chi connectivity index (χ4v) is 7.88. The third-order valence-electron chi connectivity index (χ3n) is 9.45. The molecule has 28 heavy (non-hydrogen) atoms. The molecule has 3 saturated carbocycles. The summed E-state index contributed by atoms with van der Waals surface area (Å²) in [5.41, 5.74) is 7.39. The van der Waals surface area contributed by atoms with Gasteiger partial charge in [0.2, 0.25) is 0 Å². The number of hydrogen-bond donors (Lipinski definition) is 1. The lowest BCUT2D eigenvalue weighted by atomic mass is 9.47. The van der Waals surface area contributed by atoms with E-state index in [0.29, 0.717) is 10.8 Å². The number of rotatable bonds is 3. The molecule has 0 amide bonds. The van der Waals surface area contributed by atoms with E-state index in [0.717, 1.165) is 30.6 Å². The molecule has 6 atom stereocenters. The molecule has 0 unspecified atom stereocenters. The van der Waals surface area contributed by atoms with Gasteiger partial charge in [0, 0.05) is 0 Å². The normalized spacial score (nSPS) is 44.1.